The van der Waals surface area contributed by atoms with Crippen LogP contribution in [0, 0.1) is 0 Å². The molecule has 0 fully saturated rings. The van der Waals surface area contributed by atoms with Crippen molar-refractivity contribution in [2.24, 2.45) is 0 Å². The molecule has 0 saturated carbocycles. The molecule has 2 aromatic carbocycles. The van der Waals surface area contributed by atoms with Crippen LogP contribution < -0.4 is 19.5 Å². The number of fused-ring (bicyclic) bond motifs is 1. The van der Waals surface area contributed by atoms with E-state index in [1.807, 2.05) is 56.3 Å². The van der Waals surface area contributed by atoms with Crippen molar-refractivity contribution in [2.45, 2.75) is 26.8 Å². The molecule has 1 aliphatic rings. The highest BCUT2D eigenvalue weighted by atomic mass is 16.7. The molecule has 6 nitrogen and oxygen atoms in total. The van der Waals surface area contributed by atoms with Crippen molar-refractivity contribution in [3.05, 3.63) is 48.0 Å². The van der Waals surface area contributed by atoms with Crippen LogP contribution in [0.5, 0.6) is 17.2 Å². The first-order valence-corrected chi connectivity index (χ1v) is 8.87. The number of hydrogen-bond donors (Lipinski definition) is 1. The van der Waals surface area contributed by atoms with E-state index in [9.17, 15) is 4.79 Å². The van der Waals surface area contributed by atoms with Crippen LogP contribution in [0.3, 0.4) is 0 Å². The van der Waals surface area contributed by atoms with Gasteiger partial charge in [-0.1, -0.05) is 25.1 Å². The molecule has 0 saturated heterocycles. The first kappa shape index (κ1) is 17.9. The molecular weight excluding hydrogens is 332 g/mol. The Morgan fingerprint density at radius 1 is 1.15 bits per heavy atom. The van der Waals surface area contributed by atoms with Crippen molar-refractivity contribution in [1.29, 1.82) is 0 Å². The molecule has 1 heterocycles. The number of ether oxygens (including phenoxy) is 3. The van der Waals surface area contributed by atoms with Gasteiger partial charge in [0.2, 0.25) is 6.79 Å². The lowest BCUT2D eigenvalue weighted by Crippen LogP contribution is -2.34. The predicted molar refractivity (Wildman–Crippen MR) is 99.9 cm³/mol. The Hall–Kier alpha value is -2.89. The average molecular weight is 356 g/mol. The number of hydrogen-bond acceptors (Lipinski definition) is 4. The number of carbonyl (C=O) groups is 1. The van der Waals surface area contributed by atoms with Crippen molar-refractivity contribution in [1.82, 2.24) is 4.90 Å². The average Bonchev–Trinajstić information content (AvgIpc) is 3.13. The largest absolute Gasteiger partial charge is 0.491 e. The van der Waals surface area contributed by atoms with Crippen molar-refractivity contribution in [3.8, 4) is 17.2 Å². The molecule has 2 aromatic rings. The van der Waals surface area contributed by atoms with Crippen LogP contribution in [0.25, 0.3) is 0 Å². The summed E-state index contributed by atoms with van der Waals surface area (Å²) in [5.41, 5.74) is 1.66. The van der Waals surface area contributed by atoms with E-state index in [1.54, 1.807) is 4.90 Å². The highest BCUT2D eigenvalue weighted by Gasteiger charge is 2.17. The maximum atomic E-state index is 12.7. The molecule has 0 unspecified atom stereocenters. The number of para-hydroxylation sites is 2. The molecule has 0 atom stereocenters. The molecule has 2 amide bonds. The summed E-state index contributed by atoms with van der Waals surface area (Å²) in [4.78, 5) is 14.4. The summed E-state index contributed by atoms with van der Waals surface area (Å²) in [6.07, 6.45) is 0.910. The van der Waals surface area contributed by atoms with Gasteiger partial charge in [0.25, 0.3) is 0 Å². The zero-order valence-electron chi connectivity index (χ0n) is 15.2. The fourth-order valence-corrected chi connectivity index (χ4v) is 2.69. The van der Waals surface area contributed by atoms with Gasteiger partial charge >= 0.3 is 6.03 Å². The summed E-state index contributed by atoms with van der Waals surface area (Å²) in [7, 11) is 0. The Bertz CT molecular complexity index is 763. The van der Waals surface area contributed by atoms with E-state index in [1.165, 1.54) is 0 Å². The molecule has 1 N–H and O–H groups in total. The highest BCUT2D eigenvalue weighted by molar-refractivity contribution is 5.91. The Balaban J connectivity index is 1.68. The summed E-state index contributed by atoms with van der Waals surface area (Å²) < 4.78 is 16.4. The third kappa shape index (κ3) is 4.20. The van der Waals surface area contributed by atoms with Gasteiger partial charge in [0.1, 0.15) is 5.75 Å². The molecule has 6 heteroatoms. The summed E-state index contributed by atoms with van der Waals surface area (Å²) in [6.45, 7) is 5.92. The van der Waals surface area contributed by atoms with Gasteiger partial charge in [-0.15, -0.1) is 0 Å². The summed E-state index contributed by atoms with van der Waals surface area (Å²) in [5.74, 6) is 2.14. The van der Waals surface area contributed by atoms with Gasteiger partial charge in [0, 0.05) is 13.1 Å². The maximum Gasteiger partial charge on any atom is 0.322 e. The monoisotopic (exact) mass is 356 g/mol. The lowest BCUT2D eigenvalue weighted by Gasteiger charge is -2.22. The molecule has 1 aliphatic heterocycles. The van der Waals surface area contributed by atoms with Gasteiger partial charge in [-0.05, 0) is 43.2 Å². The molecule has 0 aliphatic carbocycles. The second kappa shape index (κ2) is 8.47. The summed E-state index contributed by atoms with van der Waals surface area (Å²) >= 11 is 0. The number of rotatable bonds is 7. The number of carbonyl (C=O) groups excluding carboxylic acids is 1. The van der Waals surface area contributed by atoms with Crippen LogP contribution in [-0.4, -0.2) is 30.9 Å². The van der Waals surface area contributed by atoms with Crippen LogP contribution in [0.2, 0.25) is 0 Å². The van der Waals surface area contributed by atoms with E-state index in [0.717, 1.165) is 23.5 Å². The second-order valence-corrected chi connectivity index (χ2v) is 5.98. The topological polar surface area (TPSA) is 60.0 Å². The summed E-state index contributed by atoms with van der Waals surface area (Å²) in [6, 6.07) is 13.0. The molecule has 0 bridgehead atoms. The smallest absolute Gasteiger partial charge is 0.322 e. The molecule has 26 heavy (non-hydrogen) atoms. The number of anilines is 1. The van der Waals surface area contributed by atoms with Crippen molar-refractivity contribution in [2.75, 3.05) is 25.3 Å². The molecule has 0 radical (unpaired) electrons. The van der Waals surface area contributed by atoms with Crippen molar-refractivity contribution >= 4 is 11.7 Å². The molecular formula is C20H24N2O4. The minimum atomic E-state index is -0.169. The van der Waals surface area contributed by atoms with Gasteiger partial charge in [0.05, 0.1) is 12.3 Å². The Morgan fingerprint density at radius 2 is 1.96 bits per heavy atom. The quantitative estimate of drug-likeness (QED) is 0.805. The SMILES string of the molecule is CCCOc1ccccc1NC(=O)N(CC)Cc1ccc2c(c1)OCO2. The molecule has 0 aromatic heterocycles. The Labute approximate surface area is 153 Å². The lowest BCUT2D eigenvalue weighted by molar-refractivity contribution is 0.174. The zero-order chi connectivity index (χ0) is 18.4. The third-order valence-electron chi connectivity index (χ3n) is 4.07. The predicted octanol–water partition coefficient (Wildman–Crippen LogP) is 4.26. The Morgan fingerprint density at radius 3 is 2.77 bits per heavy atom. The Kier molecular flexibility index (Phi) is 5.84. The van der Waals surface area contributed by atoms with Gasteiger partial charge in [-0.3, -0.25) is 0 Å². The van der Waals surface area contributed by atoms with Crippen LogP contribution in [-0.2, 0) is 6.54 Å². The minimum absolute atomic E-state index is 0.169. The van der Waals surface area contributed by atoms with Crippen LogP contribution in [0.1, 0.15) is 25.8 Å². The normalized spacial score (nSPS) is 11.9. The number of nitrogens with zero attached hydrogens (tertiary/aromatic N) is 1. The van der Waals surface area contributed by atoms with Crippen molar-refractivity contribution in [3.63, 3.8) is 0 Å². The zero-order valence-corrected chi connectivity index (χ0v) is 15.2. The summed E-state index contributed by atoms with van der Waals surface area (Å²) in [5, 5.41) is 2.95. The van der Waals surface area contributed by atoms with Crippen LogP contribution >= 0.6 is 0 Å². The van der Waals surface area contributed by atoms with Gasteiger partial charge in [-0.25, -0.2) is 4.79 Å². The van der Waals surface area contributed by atoms with E-state index < -0.39 is 0 Å². The number of nitrogens with one attached hydrogen (secondary N) is 1. The fourth-order valence-electron chi connectivity index (χ4n) is 2.69. The van der Waals surface area contributed by atoms with E-state index in [2.05, 4.69) is 5.32 Å². The third-order valence-corrected chi connectivity index (χ3v) is 4.07. The molecule has 3 rings (SSSR count). The van der Waals surface area contributed by atoms with Crippen LogP contribution in [0.15, 0.2) is 42.5 Å². The fraction of sp³-hybridized carbons (Fsp3) is 0.350. The van der Waals surface area contributed by atoms with E-state index in [-0.39, 0.29) is 12.8 Å². The van der Waals surface area contributed by atoms with Crippen LogP contribution in [0.4, 0.5) is 10.5 Å². The van der Waals surface area contributed by atoms with E-state index in [4.69, 9.17) is 14.2 Å². The first-order valence-electron chi connectivity index (χ1n) is 8.87. The highest BCUT2D eigenvalue weighted by Crippen LogP contribution is 2.33. The number of urea groups is 1. The number of benzene rings is 2. The second-order valence-electron chi connectivity index (χ2n) is 5.98. The van der Waals surface area contributed by atoms with Gasteiger partial charge in [0.15, 0.2) is 11.5 Å². The van der Waals surface area contributed by atoms with Gasteiger partial charge in [-0.2, -0.15) is 0 Å². The molecule has 138 valence electrons. The maximum absolute atomic E-state index is 12.7. The van der Waals surface area contributed by atoms with E-state index >= 15 is 0 Å². The van der Waals surface area contributed by atoms with Gasteiger partial charge < -0.3 is 24.4 Å². The lowest BCUT2D eigenvalue weighted by atomic mass is 10.2. The molecule has 0 spiro atoms. The van der Waals surface area contributed by atoms with E-state index in [0.29, 0.717) is 31.1 Å². The van der Waals surface area contributed by atoms with Crippen molar-refractivity contribution < 1.29 is 19.0 Å². The standard InChI is InChI=1S/C20H24N2O4/c1-3-11-24-17-8-6-5-7-16(17)21-20(23)22(4-2)13-15-9-10-18-19(12-15)26-14-25-18/h5-10,12H,3-4,11,13-14H2,1-2H3,(H,21,23). The first-order chi connectivity index (χ1) is 12.7. The number of amides is 2. The minimum Gasteiger partial charge on any atom is -0.491 e.